The Labute approximate surface area is 116 Å². The molecule has 0 spiro atoms. The second kappa shape index (κ2) is 5.45. The molecule has 0 unspecified atom stereocenters. The highest BCUT2D eigenvalue weighted by molar-refractivity contribution is 5.88. The summed E-state index contributed by atoms with van der Waals surface area (Å²) >= 11 is 0. The molecule has 0 atom stereocenters. The van der Waals surface area contributed by atoms with E-state index in [1.54, 1.807) is 24.3 Å². The summed E-state index contributed by atoms with van der Waals surface area (Å²) in [6, 6.07) is 20.6. The van der Waals surface area contributed by atoms with E-state index in [0.717, 1.165) is 11.1 Å². The third kappa shape index (κ3) is 2.62. The van der Waals surface area contributed by atoms with Gasteiger partial charge in [-0.1, -0.05) is 42.5 Å². The van der Waals surface area contributed by atoms with Crippen molar-refractivity contribution >= 4 is 5.97 Å². The van der Waals surface area contributed by atoms with Crippen LogP contribution in [0.4, 0.5) is 0 Å². The van der Waals surface area contributed by atoms with Crippen LogP contribution in [0.2, 0.25) is 0 Å². The SMILES string of the molecule is O=C(Oc1ccc(-c2ccccc2)cc1)c1ccco1. The standard InChI is InChI=1S/C17H12O3/c18-17(16-7-4-12-19-16)20-15-10-8-14(9-11-15)13-5-2-1-3-6-13/h1-12H. The van der Waals surface area contributed by atoms with E-state index in [2.05, 4.69) is 0 Å². The van der Waals surface area contributed by atoms with Crippen molar-refractivity contribution in [2.45, 2.75) is 0 Å². The zero-order valence-corrected chi connectivity index (χ0v) is 10.7. The predicted octanol–water partition coefficient (Wildman–Crippen LogP) is 4.17. The highest BCUT2D eigenvalue weighted by atomic mass is 16.5. The molecule has 3 heteroatoms. The lowest BCUT2D eigenvalue weighted by Crippen LogP contribution is -2.06. The van der Waals surface area contributed by atoms with Crippen LogP contribution in [0, 0.1) is 0 Å². The van der Waals surface area contributed by atoms with Gasteiger partial charge in [-0.2, -0.15) is 0 Å². The molecule has 0 aliphatic rings. The smallest absolute Gasteiger partial charge is 0.379 e. The quantitative estimate of drug-likeness (QED) is 0.526. The van der Waals surface area contributed by atoms with Crippen molar-refractivity contribution in [2.24, 2.45) is 0 Å². The number of rotatable bonds is 3. The second-order valence-corrected chi connectivity index (χ2v) is 4.26. The summed E-state index contributed by atoms with van der Waals surface area (Å²) in [5, 5.41) is 0. The summed E-state index contributed by atoms with van der Waals surface area (Å²) < 4.78 is 10.2. The first-order chi connectivity index (χ1) is 9.83. The molecular formula is C17H12O3. The van der Waals surface area contributed by atoms with E-state index in [-0.39, 0.29) is 5.76 Å². The zero-order chi connectivity index (χ0) is 13.8. The molecule has 98 valence electrons. The number of carbonyl (C=O) groups excluding carboxylic acids is 1. The average molecular weight is 264 g/mol. The number of carbonyl (C=O) groups is 1. The first-order valence-electron chi connectivity index (χ1n) is 6.24. The second-order valence-electron chi connectivity index (χ2n) is 4.26. The van der Waals surface area contributed by atoms with E-state index >= 15 is 0 Å². The first kappa shape index (κ1) is 12.2. The summed E-state index contributed by atoms with van der Waals surface area (Å²) in [5.41, 5.74) is 2.19. The summed E-state index contributed by atoms with van der Waals surface area (Å²) in [6.45, 7) is 0. The number of hydrogen-bond acceptors (Lipinski definition) is 3. The van der Waals surface area contributed by atoms with E-state index in [4.69, 9.17) is 9.15 Å². The summed E-state index contributed by atoms with van der Waals surface area (Å²) in [7, 11) is 0. The molecule has 0 fully saturated rings. The largest absolute Gasteiger partial charge is 0.457 e. The molecule has 3 aromatic rings. The van der Waals surface area contributed by atoms with Gasteiger partial charge in [-0.15, -0.1) is 0 Å². The van der Waals surface area contributed by atoms with Crippen LogP contribution < -0.4 is 4.74 Å². The van der Waals surface area contributed by atoms with E-state index in [0.29, 0.717) is 5.75 Å². The van der Waals surface area contributed by atoms with Crippen LogP contribution >= 0.6 is 0 Å². The van der Waals surface area contributed by atoms with Gasteiger partial charge in [0.25, 0.3) is 0 Å². The fourth-order valence-electron chi connectivity index (χ4n) is 1.90. The molecule has 20 heavy (non-hydrogen) atoms. The van der Waals surface area contributed by atoms with E-state index in [1.807, 2.05) is 42.5 Å². The molecule has 2 aromatic carbocycles. The van der Waals surface area contributed by atoms with Gasteiger partial charge in [0.05, 0.1) is 6.26 Å². The Kier molecular flexibility index (Phi) is 3.33. The molecule has 0 radical (unpaired) electrons. The van der Waals surface area contributed by atoms with Crippen molar-refractivity contribution in [3.63, 3.8) is 0 Å². The summed E-state index contributed by atoms with van der Waals surface area (Å²) in [6.07, 6.45) is 1.44. The highest BCUT2D eigenvalue weighted by Crippen LogP contribution is 2.22. The van der Waals surface area contributed by atoms with Gasteiger partial charge < -0.3 is 9.15 Å². The van der Waals surface area contributed by atoms with E-state index < -0.39 is 5.97 Å². The highest BCUT2D eigenvalue weighted by Gasteiger charge is 2.11. The third-order valence-corrected chi connectivity index (χ3v) is 2.89. The molecular weight excluding hydrogens is 252 g/mol. The third-order valence-electron chi connectivity index (χ3n) is 2.89. The molecule has 3 rings (SSSR count). The minimum atomic E-state index is -0.498. The Balaban J connectivity index is 1.75. The minimum absolute atomic E-state index is 0.192. The number of ether oxygens (including phenoxy) is 1. The maximum atomic E-state index is 11.7. The monoisotopic (exact) mass is 264 g/mol. The van der Waals surface area contributed by atoms with Gasteiger partial charge in [0, 0.05) is 0 Å². The van der Waals surface area contributed by atoms with E-state index in [1.165, 1.54) is 6.26 Å². The molecule has 0 amide bonds. The minimum Gasteiger partial charge on any atom is -0.457 e. The van der Waals surface area contributed by atoms with Gasteiger partial charge in [0.15, 0.2) is 0 Å². The predicted molar refractivity (Wildman–Crippen MR) is 75.5 cm³/mol. The van der Waals surface area contributed by atoms with Gasteiger partial charge in [-0.3, -0.25) is 0 Å². The molecule has 3 nitrogen and oxygen atoms in total. The fraction of sp³-hybridized carbons (Fsp3) is 0. The average Bonchev–Trinajstić information content (AvgIpc) is 3.03. The summed E-state index contributed by atoms with van der Waals surface area (Å²) in [5.74, 6) is 0.186. The van der Waals surface area contributed by atoms with E-state index in [9.17, 15) is 4.79 Å². The molecule has 0 bridgehead atoms. The van der Waals surface area contributed by atoms with Crippen molar-refractivity contribution < 1.29 is 13.9 Å². The van der Waals surface area contributed by atoms with Crippen LogP contribution in [-0.4, -0.2) is 5.97 Å². The van der Waals surface area contributed by atoms with Crippen LogP contribution in [0.25, 0.3) is 11.1 Å². The number of esters is 1. The van der Waals surface area contributed by atoms with Crippen molar-refractivity contribution in [2.75, 3.05) is 0 Å². The maximum absolute atomic E-state index is 11.7. The molecule has 0 aliphatic carbocycles. The van der Waals surface area contributed by atoms with Gasteiger partial charge in [-0.05, 0) is 35.4 Å². The molecule has 0 aliphatic heterocycles. The Morgan fingerprint density at radius 2 is 1.50 bits per heavy atom. The summed E-state index contributed by atoms with van der Waals surface area (Å²) in [4.78, 5) is 11.7. The molecule has 0 N–H and O–H groups in total. The number of furan rings is 1. The van der Waals surface area contributed by atoms with Crippen molar-refractivity contribution in [1.29, 1.82) is 0 Å². The van der Waals surface area contributed by atoms with Crippen molar-refractivity contribution in [3.8, 4) is 16.9 Å². The van der Waals surface area contributed by atoms with Crippen LogP contribution in [0.5, 0.6) is 5.75 Å². The van der Waals surface area contributed by atoms with Crippen LogP contribution in [0.15, 0.2) is 77.4 Å². The Hall–Kier alpha value is -2.81. The lowest BCUT2D eigenvalue weighted by atomic mass is 10.1. The van der Waals surface area contributed by atoms with Crippen LogP contribution in [0.3, 0.4) is 0 Å². The van der Waals surface area contributed by atoms with Gasteiger partial charge in [0.2, 0.25) is 5.76 Å². The fourth-order valence-corrected chi connectivity index (χ4v) is 1.90. The normalized spacial score (nSPS) is 10.2. The lowest BCUT2D eigenvalue weighted by Gasteiger charge is -2.04. The molecule has 0 saturated heterocycles. The first-order valence-corrected chi connectivity index (χ1v) is 6.24. The van der Waals surface area contributed by atoms with Gasteiger partial charge in [-0.25, -0.2) is 4.79 Å². The Bertz CT molecular complexity index is 683. The van der Waals surface area contributed by atoms with Gasteiger partial charge in [0.1, 0.15) is 5.75 Å². The van der Waals surface area contributed by atoms with Crippen LogP contribution in [0.1, 0.15) is 10.6 Å². The van der Waals surface area contributed by atoms with Gasteiger partial charge >= 0.3 is 5.97 Å². The molecule has 1 aromatic heterocycles. The lowest BCUT2D eigenvalue weighted by molar-refractivity contribution is 0.0701. The van der Waals surface area contributed by atoms with Crippen LogP contribution in [-0.2, 0) is 0 Å². The Morgan fingerprint density at radius 3 is 2.15 bits per heavy atom. The number of benzene rings is 2. The Morgan fingerprint density at radius 1 is 0.800 bits per heavy atom. The number of hydrogen-bond donors (Lipinski definition) is 0. The molecule has 0 saturated carbocycles. The topological polar surface area (TPSA) is 39.4 Å². The zero-order valence-electron chi connectivity index (χ0n) is 10.7. The van der Waals surface area contributed by atoms with Crippen molar-refractivity contribution in [3.05, 3.63) is 78.8 Å². The van der Waals surface area contributed by atoms with Crippen molar-refractivity contribution in [1.82, 2.24) is 0 Å². The maximum Gasteiger partial charge on any atom is 0.379 e. The molecule has 1 heterocycles.